The molecular weight excluding hydrogens is 284 g/mol. The van der Waals surface area contributed by atoms with Gasteiger partial charge in [-0.1, -0.05) is 0 Å². The molecule has 0 atom stereocenters. The van der Waals surface area contributed by atoms with Crippen LogP contribution in [0.4, 0.5) is 22.9 Å². The van der Waals surface area contributed by atoms with Crippen molar-refractivity contribution in [2.24, 2.45) is 0 Å². The summed E-state index contributed by atoms with van der Waals surface area (Å²) in [7, 11) is 1.77. The van der Waals surface area contributed by atoms with Crippen LogP contribution in [0.1, 0.15) is 0 Å². The molecule has 0 bridgehead atoms. The number of hydrogen-bond acceptors (Lipinski definition) is 6. The van der Waals surface area contributed by atoms with Gasteiger partial charge in [0.2, 0.25) is 0 Å². The van der Waals surface area contributed by atoms with Crippen LogP contribution >= 0.6 is 0 Å². The first kappa shape index (κ1) is 14.4. The minimum Gasteiger partial charge on any atom is -0.448 e. The second kappa shape index (κ2) is 6.07. The van der Waals surface area contributed by atoms with Gasteiger partial charge >= 0.3 is 0 Å². The van der Waals surface area contributed by atoms with Gasteiger partial charge in [0, 0.05) is 51.0 Å². The third kappa shape index (κ3) is 2.75. The molecular formula is C15H18N4O3. The van der Waals surface area contributed by atoms with Gasteiger partial charge in [-0.25, -0.2) is 0 Å². The predicted molar refractivity (Wildman–Crippen MR) is 85.0 cm³/mol. The Bertz CT molecular complexity index is 651. The summed E-state index contributed by atoms with van der Waals surface area (Å²) in [6.07, 6.45) is 1.55. The van der Waals surface area contributed by atoms with E-state index in [4.69, 9.17) is 4.42 Å². The fraction of sp³-hybridized carbons (Fsp3) is 0.333. The van der Waals surface area contributed by atoms with Crippen LogP contribution in [0, 0.1) is 10.1 Å². The van der Waals surface area contributed by atoms with E-state index in [-0.39, 0.29) is 10.6 Å². The van der Waals surface area contributed by atoms with E-state index in [0.717, 1.165) is 31.9 Å². The van der Waals surface area contributed by atoms with Crippen LogP contribution in [-0.2, 0) is 0 Å². The third-order valence-corrected chi connectivity index (χ3v) is 3.84. The summed E-state index contributed by atoms with van der Waals surface area (Å²) in [5.41, 5.74) is 1.58. The molecule has 0 saturated carbocycles. The molecule has 0 unspecified atom stereocenters. The summed E-state index contributed by atoms with van der Waals surface area (Å²) in [6.45, 7) is 3.62. The summed E-state index contributed by atoms with van der Waals surface area (Å²) in [5.74, 6) is 0.570. The van der Waals surface area contributed by atoms with Crippen LogP contribution in [0.25, 0.3) is 0 Å². The zero-order valence-corrected chi connectivity index (χ0v) is 12.4. The second-order valence-electron chi connectivity index (χ2n) is 5.18. The summed E-state index contributed by atoms with van der Waals surface area (Å²) < 4.78 is 5.35. The summed E-state index contributed by atoms with van der Waals surface area (Å²) in [4.78, 5) is 14.9. The highest BCUT2D eigenvalue weighted by molar-refractivity contribution is 5.74. The number of benzene rings is 1. The van der Waals surface area contributed by atoms with Gasteiger partial charge in [0.15, 0.2) is 5.88 Å². The smallest absolute Gasteiger partial charge is 0.293 e. The van der Waals surface area contributed by atoms with Gasteiger partial charge in [0.25, 0.3) is 5.69 Å². The average Bonchev–Trinajstić information content (AvgIpc) is 3.09. The topological polar surface area (TPSA) is 74.8 Å². The van der Waals surface area contributed by atoms with E-state index in [1.54, 1.807) is 36.4 Å². The van der Waals surface area contributed by atoms with Gasteiger partial charge < -0.3 is 19.5 Å². The van der Waals surface area contributed by atoms with Crippen LogP contribution in [0.3, 0.4) is 0 Å². The number of furan rings is 1. The standard InChI is InChI=1S/C15H18N4O3/c1-17(15-3-2-10-22-15)14-11-12(4-5-13(14)19(20)21)18-8-6-16-7-9-18/h2-5,10-11,16H,6-9H2,1H3. The lowest BCUT2D eigenvalue weighted by molar-refractivity contribution is -0.384. The molecule has 0 amide bonds. The van der Waals surface area contributed by atoms with Gasteiger partial charge in [-0.15, -0.1) is 0 Å². The molecule has 1 fully saturated rings. The molecule has 3 rings (SSSR count). The number of nitro benzene ring substituents is 1. The van der Waals surface area contributed by atoms with Gasteiger partial charge in [-0.05, 0) is 18.2 Å². The number of rotatable bonds is 4. The van der Waals surface area contributed by atoms with Crippen molar-refractivity contribution < 1.29 is 9.34 Å². The molecule has 22 heavy (non-hydrogen) atoms. The van der Waals surface area contributed by atoms with Crippen LogP contribution < -0.4 is 15.1 Å². The summed E-state index contributed by atoms with van der Waals surface area (Å²) >= 11 is 0. The second-order valence-corrected chi connectivity index (χ2v) is 5.18. The van der Waals surface area contributed by atoms with Crippen molar-refractivity contribution in [1.82, 2.24) is 5.32 Å². The highest BCUT2D eigenvalue weighted by Crippen LogP contribution is 2.35. The Kier molecular flexibility index (Phi) is 3.97. The van der Waals surface area contributed by atoms with E-state index >= 15 is 0 Å². The molecule has 0 radical (unpaired) electrons. The molecule has 7 nitrogen and oxygen atoms in total. The highest BCUT2D eigenvalue weighted by Gasteiger charge is 2.22. The fourth-order valence-electron chi connectivity index (χ4n) is 2.63. The van der Waals surface area contributed by atoms with E-state index in [1.807, 2.05) is 12.1 Å². The minimum atomic E-state index is -0.365. The van der Waals surface area contributed by atoms with E-state index in [9.17, 15) is 10.1 Å². The Morgan fingerprint density at radius 1 is 1.32 bits per heavy atom. The number of nitrogens with zero attached hydrogens (tertiary/aromatic N) is 3. The molecule has 1 aromatic heterocycles. The molecule has 1 saturated heterocycles. The fourth-order valence-corrected chi connectivity index (χ4v) is 2.63. The van der Waals surface area contributed by atoms with Crippen molar-refractivity contribution in [2.75, 3.05) is 43.0 Å². The quantitative estimate of drug-likeness (QED) is 0.690. The first-order valence-electron chi connectivity index (χ1n) is 7.18. The molecule has 1 aliphatic rings. The molecule has 2 heterocycles. The normalized spacial score (nSPS) is 14.9. The molecule has 116 valence electrons. The zero-order chi connectivity index (χ0) is 15.5. The molecule has 1 N–H and O–H groups in total. The Hall–Kier alpha value is -2.54. The lowest BCUT2D eigenvalue weighted by Gasteiger charge is -2.30. The van der Waals surface area contributed by atoms with Gasteiger partial charge in [0.1, 0.15) is 5.69 Å². The van der Waals surface area contributed by atoms with Crippen molar-refractivity contribution in [1.29, 1.82) is 0 Å². The van der Waals surface area contributed by atoms with Gasteiger partial charge in [0.05, 0.1) is 11.2 Å². The molecule has 1 aromatic carbocycles. The Morgan fingerprint density at radius 2 is 2.09 bits per heavy atom. The first-order valence-corrected chi connectivity index (χ1v) is 7.18. The maximum absolute atomic E-state index is 11.3. The number of anilines is 3. The van der Waals surface area contributed by atoms with Crippen LogP contribution in [0.15, 0.2) is 41.0 Å². The lowest BCUT2D eigenvalue weighted by atomic mass is 10.2. The number of hydrogen-bond donors (Lipinski definition) is 1. The van der Waals surface area contributed by atoms with Gasteiger partial charge in [-0.3, -0.25) is 10.1 Å². The van der Waals surface area contributed by atoms with E-state index in [2.05, 4.69) is 10.2 Å². The SMILES string of the molecule is CN(c1ccco1)c1cc(N2CCNCC2)ccc1[N+](=O)[O-]. The average molecular weight is 302 g/mol. The predicted octanol–water partition coefficient (Wildman–Crippen LogP) is 2.37. The Balaban J connectivity index is 1.99. The lowest BCUT2D eigenvalue weighted by Crippen LogP contribution is -2.43. The minimum absolute atomic E-state index is 0.0674. The van der Waals surface area contributed by atoms with Gasteiger partial charge in [-0.2, -0.15) is 0 Å². The van der Waals surface area contributed by atoms with Crippen molar-refractivity contribution in [3.63, 3.8) is 0 Å². The summed E-state index contributed by atoms with van der Waals surface area (Å²) in [6, 6.07) is 8.76. The number of nitro groups is 1. The van der Waals surface area contributed by atoms with E-state index in [1.165, 1.54) is 0 Å². The first-order chi connectivity index (χ1) is 10.7. The molecule has 0 spiro atoms. The molecule has 1 aliphatic heterocycles. The van der Waals surface area contributed by atoms with Crippen molar-refractivity contribution in [2.45, 2.75) is 0 Å². The Labute approximate surface area is 128 Å². The molecule has 2 aromatic rings. The number of nitrogens with one attached hydrogen (secondary N) is 1. The van der Waals surface area contributed by atoms with Crippen molar-refractivity contribution in [3.05, 3.63) is 46.7 Å². The van der Waals surface area contributed by atoms with Crippen molar-refractivity contribution >= 4 is 22.9 Å². The van der Waals surface area contributed by atoms with Crippen LogP contribution in [0.2, 0.25) is 0 Å². The van der Waals surface area contributed by atoms with Crippen LogP contribution in [0.5, 0.6) is 0 Å². The van der Waals surface area contributed by atoms with Crippen LogP contribution in [-0.4, -0.2) is 38.2 Å². The Morgan fingerprint density at radius 3 is 2.73 bits per heavy atom. The van der Waals surface area contributed by atoms with E-state index < -0.39 is 0 Å². The maximum atomic E-state index is 11.3. The highest BCUT2D eigenvalue weighted by atomic mass is 16.6. The third-order valence-electron chi connectivity index (χ3n) is 3.84. The zero-order valence-electron chi connectivity index (χ0n) is 12.4. The summed E-state index contributed by atoms with van der Waals surface area (Å²) in [5, 5.41) is 14.6. The molecule has 7 heteroatoms. The number of piperazine rings is 1. The van der Waals surface area contributed by atoms with Crippen molar-refractivity contribution in [3.8, 4) is 0 Å². The van der Waals surface area contributed by atoms with E-state index in [0.29, 0.717) is 11.6 Å². The maximum Gasteiger partial charge on any atom is 0.293 e. The largest absolute Gasteiger partial charge is 0.448 e. The monoisotopic (exact) mass is 302 g/mol. The molecule has 0 aliphatic carbocycles.